The van der Waals surface area contributed by atoms with Crippen LogP contribution in [0.5, 0.6) is 0 Å². The highest BCUT2D eigenvalue weighted by molar-refractivity contribution is 7.99. The number of fused-ring (bicyclic) bond motifs is 2. The summed E-state index contributed by atoms with van der Waals surface area (Å²) in [6.07, 6.45) is 1.47. The number of nitrogens with zero attached hydrogens (tertiary/aromatic N) is 2. The molecule has 0 spiro atoms. The van der Waals surface area contributed by atoms with Crippen molar-refractivity contribution in [1.29, 1.82) is 0 Å². The molecule has 0 saturated carbocycles. The highest BCUT2D eigenvalue weighted by Gasteiger charge is 2.23. The first-order valence-corrected chi connectivity index (χ1v) is 10.8. The molecule has 6 heteroatoms. The number of rotatable bonds is 7. The van der Waals surface area contributed by atoms with Crippen LogP contribution in [0.1, 0.15) is 12.8 Å². The Morgan fingerprint density at radius 2 is 1.61 bits per heavy atom. The maximum absolute atomic E-state index is 12.4. The van der Waals surface area contributed by atoms with E-state index >= 15 is 0 Å². The van der Waals surface area contributed by atoms with Crippen molar-refractivity contribution in [3.8, 4) is 0 Å². The Kier molecular flexibility index (Phi) is 6.52. The molecular weight excluding hydrogens is 370 g/mol. The number of amides is 1. The average molecular weight is 398 g/mol. The topological polar surface area (TPSA) is 44.8 Å². The summed E-state index contributed by atoms with van der Waals surface area (Å²) in [5, 5.41) is 3.08. The van der Waals surface area contributed by atoms with Crippen molar-refractivity contribution in [3.63, 3.8) is 0 Å². The van der Waals surface area contributed by atoms with Gasteiger partial charge in [0.05, 0.1) is 24.6 Å². The number of carbonyl (C=O) groups is 1. The maximum atomic E-state index is 12.4. The molecule has 148 valence electrons. The molecule has 28 heavy (non-hydrogen) atoms. The molecule has 5 nitrogen and oxygen atoms in total. The van der Waals surface area contributed by atoms with Gasteiger partial charge in [0.1, 0.15) is 0 Å². The van der Waals surface area contributed by atoms with E-state index in [1.54, 1.807) is 11.8 Å². The zero-order valence-corrected chi connectivity index (χ0v) is 16.9. The lowest BCUT2D eigenvalue weighted by molar-refractivity contribution is -0.120. The molecule has 1 amide bonds. The Morgan fingerprint density at radius 1 is 0.964 bits per heavy atom. The van der Waals surface area contributed by atoms with Gasteiger partial charge in [0.15, 0.2) is 0 Å². The summed E-state index contributed by atoms with van der Waals surface area (Å²) in [5.74, 6) is 0.121. The minimum Gasteiger partial charge on any atom is -0.379 e. The Labute approximate surface area is 171 Å². The minimum atomic E-state index is 0.121. The van der Waals surface area contributed by atoms with E-state index in [0.717, 1.165) is 45.8 Å². The molecule has 2 aromatic carbocycles. The van der Waals surface area contributed by atoms with Crippen LogP contribution in [0.25, 0.3) is 0 Å². The van der Waals surface area contributed by atoms with E-state index in [0.29, 0.717) is 13.0 Å². The maximum Gasteiger partial charge on any atom is 0.221 e. The number of hydrogen-bond donors (Lipinski definition) is 1. The number of anilines is 2. The van der Waals surface area contributed by atoms with Gasteiger partial charge in [-0.3, -0.25) is 9.69 Å². The monoisotopic (exact) mass is 397 g/mol. The summed E-state index contributed by atoms with van der Waals surface area (Å²) in [6, 6.07) is 16.8. The van der Waals surface area contributed by atoms with Gasteiger partial charge in [-0.25, -0.2) is 0 Å². The molecule has 0 bridgehead atoms. The average Bonchev–Trinajstić information content (AvgIpc) is 2.75. The number of carbonyl (C=O) groups excluding carboxylic acids is 1. The predicted molar refractivity (Wildman–Crippen MR) is 114 cm³/mol. The SMILES string of the molecule is O=C(CCN1c2ccccc2Sc2ccccc21)NCCCN1CCOCC1. The van der Waals surface area contributed by atoms with E-state index in [4.69, 9.17) is 4.74 Å². The van der Waals surface area contributed by atoms with Crippen molar-refractivity contribution in [2.45, 2.75) is 22.6 Å². The quantitative estimate of drug-likeness (QED) is 0.725. The number of morpholine rings is 1. The molecule has 2 heterocycles. The van der Waals surface area contributed by atoms with Gasteiger partial charge >= 0.3 is 0 Å². The van der Waals surface area contributed by atoms with Gasteiger partial charge in [-0.1, -0.05) is 36.0 Å². The lowest BCUT2D eigenvalue weighted by Gasteiger charge is -2.32. The third-order valence-electron chi connectivity index (χ3n) is 5.17. The zero-order valence-electron chi connectivity index (χ0n) is 16.1. The molecule has 0 unspecified atom stereocenters. The summed E-state index contributed by atoms with van der Waals surface area (Å²) in [4.78, 5) is 19.5. The van der Waals surface area contributed by atoms with Crippen molar-refractivity contribution >= 4 is 29.0 Å². The highest BCUT2D eigenvalue weighted by Crippen LogP contribution is 2.47. The van der Waals surface area contributed by atoms with Gasteiger partial charge in [0, 0.05) is 42.4 Å². The van der Waals surface area contributed by atoms with Crippen molar-refractivity contribution in [2.24, 2.45) is 0 Å². The third kappa shape index (κ3) is 4.69. The molecule has 2 aliphatic rings. The molecular formula is C22H27N3O2S. The van der Waals surface area contributed by atoms with Gasteiger partial charge in [0.2, 0.25) is 5.91 Å². The van der Waals surface area contributed by atoms with Crippen LogP contribution in [0.3, 0.4) is 0 Å². The minimum absolute atomic E-state index is 0.121. The summed E-state index contributed by atoms with van der Waals surface area (Å²) >= 11 is 1.80. The lowest BCUT2D eigenvalue weighted by atomic mass is 10.2. The second kappa shape index (κ2) is 9.45. The van der Waals surface area contributed by atoms with Crippen molar-refractivity contribution in [2.75, 3.05) is 50.8 Å². The van der Waals surface area contributed by atoms with E-state index in [9.17, 15) is 4.79 Å². The molecule has 2 aliphatic heterocycles. The molecule has 1 saturated heterocycles. The first-order valence-electron chi connectivity index (χ1n) is 10.0. The van der Waals surface area contributed by atoms with Crippen LogP contribution in [0.2, 0.25) is 0 Å². The Bertz CT molecular complexity index is 762. The third-order valence-corrected chi connectivity index (χ3v) is 6.30. The molecule has 1 N–H and O–H groups in total. The number of para-hydroxylation sites is 2. The highest BCUT2D eigenvalue weighted by atomic mass is 32.2. The fraction of sp³-hybridized carbons (Fsp3) is 0.409. The van der Waals surface area contributed by atoms with E-state index in [1.807, 2.05) is 0 Å². The first-order chi connectivity index (χ1) is 13.8. The van der Waals surface area contributed by atoms with E-state index in [2.05, 4.69) is 63.6 Å². The standard InChI is InChI=1S/C22H27N3O2S/c26-22(23-11-5-12-24-14-16-27-17-15-24)10-13-25-18-6-1-3-8-20(18)28-21-9-4-2-7-19(21)25/h1-4,6-9H,5,10-17H2,(H,23,26). The molecule has 4 rings (SSSR count). The second-order valence-electron chi connectivity index (χ2n) is 7.10. The summed E-state index contributed by atoms with van der Waals surface area (Å²) in [6.45, 7) is 6.09. The van der Waals surface area contributed by atoms with Crippen LogP contribution in [0, 0.1) is 0 Å². The first kappa shape index (κ1) is 19.3. The van der Waals surface area contributed by atoms with Crippen LogP contribution >= 0.6 is 11.8 Å². The normalized spacial score (nSPS) is 16.4. The summed E-state index contributed by atoms with van der Waals surface area (Å²) in [7, 11) is 0. The van der Waals surface area contributed by atoms with Gasteiger partial charge in [0.25, 0.3) is 0 Å². The molecule has 0 aliphatic carbocycles. The Morgan fingerprint density at radius 3 is 2.29 bits per heavy atom. The van der Waals surface area contributed by atoms with E-state index < -0.39 is 0 Å². The number of ether oxygens (including phenoxy) is 1. The molecule has 0 aromatic heterocycles. The second-order valence-corrected chi connectivity index (χ2v) is 8.18. The number of nitrogens with one attached hydrogen (secondary N) is 1. The molecule has 0 radical (unpaired) electrons. The van der Waals surface area contributed by atoms with Gasteiger partial charge in [-0.15, -0.1) is 0 Å². The van der Waals surface area contributed by atoms with Crippen LogP contribution in [0.15, 0.2) is 58.3 Å². The van der Waals surface area contributed by atoms with Crippen LogP contribution in [-0.2, 0) is 9.53 Å². The number of hydrogen-bond acceptors (Lipinski definition) is 5. The van der Waals surface area contributed by atoms with Crippen molar-refractivity contribution in [1.82, 2.24) is 10.2 Å². The lowest BCUT2D eigenvalue weighted by Crippen LogP contribution is -2.38. The molecule has 1 fully saturated rings. The molecule has 0 atom stereocenters. The predicted octanol–water partition coefficient (Wildman–Crippen LogP) is 3.52. The zero-order chi connectivity index (χ0) is 19.2. The summed E-state index contributed by atoms with van der Waals surface area (Å²) in [5.41, 5.74) is 2.37. The van der Waals surface area contributed by atoms with Gasteiger partial charge < -0.3 is 15.0 Å². The summed E-state index contributed by atoms with van der Waals surface area (Å²) < 4.78 is 5.37. The van der Waals surface area contributed by atoms with Gasteiger partial charge in [-0.2, -0.15) is 0 Å². The van der Waals surface area contributed by atoms with E-state index in [1.165, 1.54) is 21.2 Å². The smallest absolute Gasteiger partial charge is 0.221 e. The fourth-order valence-electron chi connectivity index (χ4n) is 3.68. The largest absolute Gasteiger partial charge is 0.379 e. The number of benzene rings is 2. The fourth-order valence-corrected chi connectivity index (χ4v) is 4.77. The van der Waals surface area contributed by atoms with Crippen molar-refractivity contribution < 1.29 is 9.53 Å². The molecule has 2 aromatic rings. The van der Waals surface area contributed by atoms with Crippen LogP contribution in [-0.4, -0.2) is 56.7 Å². The van der Waals surface area contributed by atoms with Crippen LogP contribution in [0.4, 0.5) is 11.4 Å². The van der Waals surface area contributed by atoms with Crippen LogP contribution < -0.4 is 10.2 Å². The Balaban J connectivity index is 1.29. The van der Waals surface area contributed by atoms with Crippen molar-refractivity contribution in [3.05, 3.63) is 48.5 Å². The Hall–Kier alpha value is -2.02. The van der Waals surface area contributed by atoms with Gasteiger partial charge in [-0.05, 0) is 37.2 Å². The van der Waals surface area contributed by atoms with E-state index in [-0.39, 0.29) is 5.91 Å².